The Kier molecular flexibility index (Phi) is 5.85. The van der Waals surface area contributed by atoms with E-state index in [4.69, 9.17) is 14.2 Å². The number of carbonyl (C=O) groups is 1. The predicted octanol–water partition coefficient (Wildman–Crippen LogP) is 1.78. The Labute approximate surface area is 137 Å². The van der Waals surface area contributed by atoms with Crippen molar-refractivity contribution in [2.45, 2.75) is 45.4 Å². The summed E-state index contributed by atoms with van der Waals surface area (Å²) >= 11 is 0. The second-order valence-electron chi connectivity index (χ2n) is 5.91. The van der Waals surface area contributed by atoms with Crippen LogP contribution in [-0.2, 0) is 16.1 Å². The van der Waals surface area contributed by atoms with Crippen molar-refractivity contribution >= 4 is 5.91 Å². The van der Waals surface area contributed by atoms with Crippen molar-refractivity contribution in [2.24, 2.45) is 0 Å². The first-order chi connectivity index (χ1) is 11.0. The molecule has 128 valence electrons. The summed E-state index contributed by atoms with van der Waals surface area (Å²) in [5, 5.41) is 3.01. The summed E-state index contributed by atoms with van der Waals surface area (Å²) in [5.74, 6) is 1.56. The van der Waals surface area contributed by atoms with Crippen molar-refractivity contribution in [3.63, 3.8) is 0 Å². The molecule has 1 aromatic rings. The maximum Gasteiger partial charge on any atom is 0.237 e. The third kappa shape index (κ3) is 3.95. The molecule has 1 aliphatic rings. The molecule has 3 atom stereocenters. The van der Waals surface area contributed by atoms with Crippen LogP contribution in [0.25, 0.3) is 0 Å². The number of piperazine rings is 1. The number of nitrogens with zero attached hydrogens (tertiary/aromatic N) is 1. The van der Waals surface area contributed by atoms with Crippen molar-refractivity contribution < 1.29 is 19.0 Å². The number of rotatable bonds is 6. The topological polar surface area (TPSA) is 60.0 Å². The van der Waals surface area contributed by atoms with Crippen molar-refractivity contribution in [2.75, 3.05) is 21.0 Å². The quantitative estimate of drug-likeness (QED) is 0.809. The first-order valence-electron chi connectivity index (χ1n) is 7.82. The fourth-order valence-electron chi connectivity index (χ4n) is 2.80. The van der Waals surface area contributed by atoms with Crippen LogP contribution < -0.4 is 14.8 Å². The van der Waals surface area contributed by atoms with Crippen LogP contribution in [0.15, 0.2) is 18.2 Å². The van der Waals surface area contributed by atoms with Gasteiger partial charge in [-0.25, -0.2) is 0 Å². The molecule has 0 saturated carbocycles. The van der Waals surface area contributed by atoms with E-state index in [9.17, 15) is 4.79 Å². The van der Waals surface area contributed by atoms with Gasteiger partial charge in [-0.1, -0.05) is 0 Å². The Bertz CT molecular complexity index is 549. The summed E-state index contributed by atoms with van der Waals surface area (Å²) in [5.41, 5.74) is 0.974. The van der Waals surface area contributed by atoms with Gasteiger partial charge in [-0.3, -0.25) is 9.69 Å². The third-order valence-electron chi connectivity index (χ3n) is 4.45. The van der Waals surface area contributed by atoms with E-state index in [0.717, 1.165) is 17.1 Å². The predicted molar refractivity (Wildman–Crippen MR) is 87.6 cm³/mol. The molecule has 0 radical (unpaired) electrons. The summed E-state index contributed by atoms with van der Waals surface area (Å²) in [6, 6.07) is 5.81. The van der Waals surface area contributed by atoms with Crippen LogP contribution in [0.5, 0.6) is 11.5 Å². The van der Waals surface area contributed by atoms with Gasteiger partial charge in [-0.15, -0.1) is 0 Å². The van der Waals surface area contributed by atoms with E-state index in [2.05, 4.69) is 17.1 Å². The van der Waals surface area contributed by atoms with E-state index in [1.165, 1.54) is 0 Å². The molecule has 6 heteroatoms. The molecular formula is C17H26N2O4. The lowest BCUT2D eigenvalue weighted by molar-refractivity contribution is -0.132. The number of methoxy groups -OCH3 is 2. The molecular weight excluding hydrogens is 296 g/mol. The fourth-order valence-corrected chi connectivity index (χ4v) is 2.80. The van der Waals surface area contributed by atoms with E-state index in [0.29, 0.717) is 6.54 Å². The van der Waals surface area contributed by atoms with Gasteiger partial charge >= 0.3 is 0 Å². The molecule has 3 unspecified atom stereocenters. The highest BCUT2D eigenvalue weighted by Crippen LogP contribution is 2.28. The van der Waals surface area contributed by atoms with Crippen LogP contribution in [0.2, 0.25) is 0 Å². The van der Waals surface area contributed by atoms with E-state index in [1.807, 2.05) is 32.0 Å². The maximum atomic E-state index is 12.1. The van der Waals surface area contributed by atoms with Gasteiger partial charge in [-0.05, 0) is 39.0 Å². The van der Waals surface area contributed by atoms with Gasteiger partial charge in [0.25, 0.3) is 0 Å². The molecule has 1 aliphatic heterocycles. The van der Waals surface area contributed by atoms with Gasteiger partial charge in [-0.2, -0.15) is 0 Å². The van der Waals surface area contributed by atoms with E-state index in [-0.39, 0.29) is 30.8 Å². The van der Waals surface area contributed by atoms with E-state index < -0.39 is 0 Å². The Balaban J connectivity index is 2.27. The first-order valence-corrected chi connectivity index (χ1v) is 7.82. The summed E-state index contributed by atoms with van der Waals surface area (Å²) in [6.45, 7) is 6.86. The Morgan fingerprint density at radius 2 is 1.96 bits per heavy atom. The van der Waals surface area contributed by atoms with Crippen molar-refractivity contribution in [3.8, 4) is 11.5 Å². The van der Waals surface area contributed by atoms with Gasteiger partial charge < -0.3 is 19.5 Å². The lowest BCUT2D eigenvalue weighted by Crippen LogP contribution is -2.62. The van der Waals surface area contributed by atoms with Gasteiger partial charge in [0.2, 0.25) is 5.91 Å². The molecule has 1 aromatic carbocycles. The Hall–Kier alpha value is -1.79. The van der Waals surface area contributed by atoms with Crippen LogP contribution in [0.1, 0.15) is 26.3 Å². The lowest BCUT2D eigenvalue weighted by atomic mass is 10.0. The summed E-state index contributed by atoms with van der Waals surface area (Å²) in [4.78, 5) is 14.3. The highest BCUT2D eigenvalue weighted by atomic mass is 16.7. The monoisotopic (exact) mass is 322 g/mol. The molecule has 0 spiro atoms. The standard InChI is InChI=1S/C17H26N2O4/c1-11-12(2)19(13(3)17(20)18-11)9-14-8-15(22-5)6-7-16(14)23-10-21-4/h6-8,11-13H,9-10H2,1-5H3,(H,18,20). The van der Waals surface area contributed by atoms with Gasteiger partial charge in [0.05, 0.1) is 13.2 Å². The number of benzene rings is 1. The number of amides is 1. The number of carbonyl (C=O) groups excluding carboxylic acids is 1. The van der Waals surface area contributed by atoms with Gasteiger partial charge in [0.1, 0.15) is 11.5 Å². The van der Waals surface area contributed by atoms with E-state index >= 15 is 0 Å². The molecule has 1 amide bonds. The number of nitrogens with one attached hydrogen (secondary N) is 1. The summed E-state index contributed by atoms with van der Waals surface area (Å²) in [6.07, 6.45) is 0. The van der Waals surface area contributed by atoms with E-state index in [1.54, 1.807) is 14.2 Å². The molecule has 23 heavy (non-hydrogen) atoms. The average Bonchev–Trinajstić information content (AvgIpc) is 2.55. The lowest BCUT2D eigenvalue weighted by Gasteiger charge is -2.42. The zero-order valence-electron chi connectivity index (χ0n) is 14.5. The fraction of sp³-hybridized carbons (Fsp3) is 0.588. The zero-order valence-corrected chi connectivity index (χ0v) is 14.5. The minimum absolute atomic E-state index is 0.0536. The average molecular weight is 322 g/mol. The normalized spacial score (nSPS) is 25.1. The molecule has 1 saturated heterocycles. The summed E-state index contributed by atoms with van der Waals surface area (Å²) in [7, 11) is 3.22. The highest BCUT2D eigenvalue weighted by Gasteiger charge is 2.35. The maximum absolute atomic E-state index is 12.1. The van der Waals surface area contributed by atoms with Crippen LogP contribution in [0.4, 0.5) is 0 Å². The molecule has 0 aliphatic carbocycles. The van der Waals surface area contributed by atoms with Crippen molar-refractivity contribution in [1.82, 2.24) is 10.2 Å². The molecule has 1 heterocycles. The van der Waals surface area contributed by atoms with Gasteiger partial charge in [0.15, 0.2) is 6.79 Å². The molecule has 6 nitrogen and oxygen atoms in total. The minimum Gasteiger partial charge on any atom is -0.497 e. The zero-order chi connectivity index (χ0) is 17.0. The SMILES string of the molecule is COCOc1ccc(OC)cc1CN1C(C)C(=O)NC(C)C1C. The highest BCUT2D eigenvalue weighted by molar-refractivity contribution is 5.82. The van der Waals surface area contributed by atoms with Gasteiger partial charge in [0, 0.05) is 31.3 Å². The van der Waals surface area contributed by atoms with Crippen molar-refractivity contribution in [1.29, 1.82) is 0 Å². The molecule has 0 bridgehead atoms. The Morgan fingerprint density at radius 3 is 2.61 bits per heavy atom. The second-order valence-corrected chi connectivity index (χ2v) is 5.91. The van der Waals surface area contributed by atoms with Crippen LogP contribution in [0.3, 0.4) is 0 Å². The third-order valence-corrected chi connectivity index (χ3v) is 4.45. The first kappa shape index (κ1) is 17.6. The minimum atomic E-state index is -0.192. The van der Waals surface area contributed by atoms with Crippen molar-refractivity contribution in [3.05, 3.63) is 23.8 Å². The molecule has 1 N–H and O–H groups in total. The second kappa shape index (κ2) is 7.66. The number of ether oxygens (including phenoxy) is 3. The Morgan fingerprint density at radius 1 is 1.22 bits per heavy atom. The van der Waals surface area contributed by atoms with Crippen LogP contribution >= 0.6 is 0 Å². The smallest absolute Gasteiger partial charge is 0.237 e. The molecule has 2 rings (SSSR count). The van der Waals surface area contributed by atoms with Crippen LogP contribution in [0, 0.1) is 0 Å². The largest absolute Gasteiger partial charge is 0.497 e. The summed E-state index contributed by atoms with van der Waals surface area (Å²) < 4.78 is 16.0. The number of hydrogen-bond donors (Lipinski definition) is 1. The molecule has 1 fully saturated rings. The number of hydrogen-bond acceptors (Lipinski definition) is 5. The van der Waals surface area contributed by atoms with Crippen LogP contribution in [-0.4, -0.2) is 49.9 Å². The molecule has 0 aromatic heterocycles.